The lowest BCUT2D eigenvalue weighted by atomic mass is 10.1. The molecule has 0 aliphatic carbocycles. The molecule has 5 nitrogen and oxygen atoms in total. The SMILES string of the molecule is Cc1ccc(CCC(=O)NCCOC(=O)c2cc(C)nc3ccc(C)cc23)cc1. The van der Waals surface area contributed by atoms with Crippen molar-refractivity contribution in [2.45, 2.75) is 33.6 Å². The van der Waals surface area contributed by atoms with Crippen molar-refractivity contribution >= 4 is 22.8 Å². The molecule has 1 amide bonds. The molecule has 0 saturated carbocycles. The van der Waals surface area contributed by atoms with Crippen LogP contribution < -0.4 is 5.32 Å². The summed E-state index contributed by atoms with van der Waals surface area (Å²) in [6.45, 7) is 6.28. The van der Waals surface area contributed by atoms with E-state index in [0.717, 1.165) is 27.7 Å². The van der Waals surface area contributed by atoms with E-state index in [4.69, 9.17) is 4.74 Å². The van der Waals surface area contributed by atoms with Crippen molar-refractivity contribution in [2.75, 3.05) is 13.2 Å². The maximum Gasteiger partial charge on any atom is 0.338 e. The number of esters is 1. The summed E-state index contributed by atoms with van der Waals surface area (Å²) in [7, 11) is 0. The number of nitrogens with one attached hydrogen (secondary N) is 1. The fourth-order valence-corrected chi connectivity index (χ4v) is 3.15. The average molecular weight is 390 g/mol. The topological polar surface area (TPSA) is 68.3 Å². The normalized spacial score (nSPS) is 10.7. The van der Waals surface area contributed by atoms with Gasteiger partial charge in [-0.25, -0.2) is 4.79 Å². The van der Waals surface area contributed by atoms with Gasteiger partial charge in [-0.05, 0) is 51.0 Å². The number of pyridine rings is 1. The van der Waals surface area contributed by atoms with Gasteiger partial charge in [-0.3, -0.25) is 9.78 Å². The van der Waals surface area contributed by atoms with Crippen LogP contribution in [0.4, 0.5) is 0 Å². The molecule has 0 fully saturated rings. The Morgan fingerprint density at radius 3 is 2.45 bits per heavy atom. The van der Waals surface area contributed by atoms with Crippen LogP contribution in [-0.2, 0) is 16.0 Å². The number of rotatable bonds is 7. The number of aromatic nitrogens is 1. The number of amides is 1. The summed E-state index contributed by atoms with van der Waals surface area (Å²) in [5, 5.41) is 3.58. The number of aryl methyl sites for hydroxylation is 4. The maximum atomic E-state index is 12.5. The molecule has 2 aromatic carbocycles. The first kappa shape index (κ1) is 20.5. The molecule has 0 unspecified atom stereocenters. The fourth-order valence-electron chi connectivity index (χ4n) is 3.15. The highest BCUT2D eigenvalue weighted by Gasteiger charge is 2.14. The van der Waals surface area contributed by atoms with E-state index in [-0.39, 0.29) is 12.5 Å². The number of fused-ring (bicyclic) bond motifs is 1. The van der Waals surface area contributed by atoms with Gasteiger partial charge < -0.3 is 10.1 Å². The van der Waals surface area contributed by atoms with Gasteiger partial charge in [0.2, 0.25) is 5.91 Å². The van der Waals surface area contributed by atoms with Gasteiger partial charge in [-0.15, -0.1) is 0 Å². The van der Waals surface area contributed by atoms with E-state index in [1.165, 1.54) is 5.56 Å². The first-order valence-corrected chi connectivity index (χ1v) is 9.80. The molecule has 5 heteroatoms. The highest BCUT2D eigenvalue weighted by Crippen LogP contribution is 2.20. The predicted molar refractivity (Wildman–Crippen MR) is 114 cm³/mol. The average Bonchev–Trinajstić information content (AvgIpc) is 2.70. The molecule has 0 aliphatic rings. The number of carbonyl (C=O) groups is 2. The van der Waals surface area contributed by atoms with Crippen molar-refractivity contribution in [1.29, 1.82) is 0 Å². The van der Waals surface area contributed by atoms with Gasteiger partial charge in [0.05, 0.1) is 17.6 Å². The Hall–Kier alpha value is -3.21. The molecule has 0 radical (unpaired) electrons. The number of nitrogens with zero attached hydrogens (tertiary/aromatic N) is 1. The molecule has 0 spiro atoms. The number of ether oxygens (including phenoxy) is 1. The van der Waals surface area contributed by atoms with E-state index in [1.807, 2.05) is 63.2 Å². The highest BCUT2D eigenvalue weighted by molar-refractivity contribution is 6.03. The molecule has 0 atom stereocenters. The molecule has 29 heavy (non-hydrogen) atoms. The largest absolute Gasteiger partial charge is 0.460 e. The molecule has 1 heterocycles. The van der Waals surface area contributed by atoms with Gasteiger partial charge >= 0.3 is 5.97 Å². The van der Waals surface area contributed by atoms with Crippen LogP contribution in [0.3, 0.4) is 0 Å². The third kappa shape index (κ3) is 5.64. The predicted octanol–water partition coefficient (Wildman–Crippen LogP) is 4.07. The van der Waals surface area contributed by atoms with Gasteiger partial charge in [0.15, 0.2) is 0 Å². The third-order valence-electron chi connectivity index (χ3n) is 4.73. The lowest BCUT2D eigenvalue weighted by Gasteiger charge is -2.10. The molecule has 3 aromatic rings. The lowest BCUT2D eigenvalue weighted by molar-refractivity contribution is -0.121. The first-order valence-electron chi connectivity index (χ1n) is 9.80. The highest BCUT2D eigenvalue weighted by atomic mass is 16.5. The van der Waals surface area contributed by atoms with Crippen LogP contribution in [0.1, 0.15) is 39.2 Å². The van der Waals surface area contributed by atoms with Crippen LogP contribution in [0.5, 0.6) is 0 Å². The third-order valence-corrected chi connectivity index (χ3v) is 4.73. The van der Waals surface area contributed by atoms with E-state index >= 15 is 0 Å². The molecule has 1 N–H and O–H groups in total. The van der Waals surface area contributed by atoms with Gasteiger partial charge in [0.25, 0.3) is 0 Å². The zero-order valence-electron chi connectivity index (χ0n) is 17.1. The minimum absolute atomic E-state index is 0.0533. The summed E-state index contributed by atoms with van der Waals surface area (Å²) in [5.41, 5.74) is 5.42. The standard InChI is InChI=1S/C24H26N2O3/c1-16-4-7-19(8-5-16)9-11-23(27)25-12-13-29-24(28)21-15-18(3)26-22-10-6-17(2)14-20(21)22/h4-8,10,14-15H,9,11-13H2,1-3H3,(H,25,27). The van der Waals surface area contributed by atoms with Crippen LogP contribution in [-0.4, -0.2) is 30.0 Å². The molecular weight excluding hydrogens is 364 g/mol. The van der Waals surface area contributed by atoms with Gasteiger partial charge in [0, 0.05) is 17.5 Å². The van der Waals surface area contributed by atoms with Crippen LogP contribution in [0, 0.1) is 20.8 Å². The molecular formula is C24H26N2O3. The lowest BCUT2D eigenvalue weighted by Crippen LogP contribution is -2.28. The summed E-state index contributed by atoms with van der Waals surface area (Å²) in [5.74, 6) is -0.456. The Kier molecular flexibility index (Phi) is 6.60. The maximum absolute atomic E-state index is 12.5. The molecule has 150 valence electrons. The summed E-state index contributed by atoms with van der Waals surface area (Å²) < 4.78 is 5.38. The van der Waals surface area contributed by atoms with E-state index in [0.29, 0.717) is 24.9 Å². The van der Waals surface area contributed by atoms with Crippen LogP contribution in [0.15, 0.2) is 48.5 Å². The van der Waals surface area contributed by atoms with Crippen LogP contribution in [0.2, 0.25) is 0 Å². The summed E-state index contributed by atoms with van der Waals surface area (Å²) >= 11 is 0. The summed E-state index contributed by atoms with van der Waals surface area (Å²) in [6.07, 6.45) is 1.10. The van der Waals surface area contributed by atoms with Crippen molar-refractivity contribution in [3.63, 3.8) is 0 Å². The zero-order valence-corrected chi connectivity index (χ0v) is 17.1. The summed E-state index contributed by atoms with van der Waals surface area (Å²) in [6, 6.07) is 15.7. The first-order chi connectivity index (χ1) is 13.9. The smallest absolute Gasteiger partial charge is 0.338 e. The Bertz CT molecular complexity index is 1030. The Morgan fingerprint density at radius 1 is 0.966 bits per heavy atom. The fraction of sp³-hybridized carbons (Fsp3) is 0.292. The van der Waals surface area contributed by atoms with E-state index in [1.54, 1.807) is 6.07 Å². The number of hydrogen-bond donors (Lipinski definition) is 1. The quantitative estimate of drug-likeness (QED) is 0.488. The van der Waals surface area contributed by atoms with Crippen LogP contribution in [0.25, 0.3) is 10.9 Å². The van der Waals surface area contributed by atoms with E-state index in [2.05, 4.69) is 10.3 Å². The summed E-state index contributed by atoms with van der Waals surface area (Å²) in [4.78, 5) is 29.0. The van der Waals surface area contributed by atoms with Crippen LogP contribution >= 0.6 is 0 Å². The Labute approximate surface area is 171 Å². The second-order valence-corrected chi connectivity index (χ2v) is 7.30. The van der Waals surface area contributed by atoms with Crippen molar-refractivity contribution < 1.29 is 14.3 Å². The second kappa shape index (κ2) is 9.32. The van der Waals surface area contributed by atoms with Gasteiger partial charge in [-0.2, -0.15) is 0 Å². The van der Waals surface area contributed by atoms with Crippen molar-refractivity contribution in [2.24, 2.45) is 0 Å². The van der Waals surface area contributed by atoms with Gasteiger partial charge in [0.1, 0.15) is 6.61 Å². The van der Waals surface area contributed by atoms with Crippen molar-refractivity contribution in [1.82, 2.24) is 10.3 Å². The molecule has 1 aromatic heterocycles. The molecule has 3 rings (SSSR count). The minimum atomic E-state index is -0.403. The van der Waals surface area contributed by atoms with Crippen molar-refractivity contribution in [3.05, 3.63) is 76.5 Å². The monoisotopic (exact) mass is 390 g/mol. The van der Waals surface area contributed by atoms with E-state index in [9.17, 15) is 9.59 Å². The number of carbonyl (C=O) groups excluding carboxylic acids is 2. The number of benzene rings is 2. The Balaban J connectivity index is 1.49. The number of hydrogen-bond acceptors (Lipinski definition) is 4. The molecule has 0 bridgehead atoms. The zero-order chi connectivity index (χ0) is 20.8. The second-order valence-electron chi connectivity index (χ2n) is 7.30. The Morgan fingerprint density at radius 2 is 1.69 bits per heavy atom. The van der Waals surface area contributed by atoms with Crippen molar-refractivity contribution in [3.8, 4) is 0 Å². The molecule has 0 saturated heterocycles. The minimum Gasteiger partial charge on any atom is -0.460 e. The van der Waals surface area contributed by atoms with Gasteiger partial charge in [-0.1, -0.05) is 41.5 Å². The van der Waals surface area contributed by atoms with E-state index < -0.39 is 5.97 Å². The molecule has 0 aliphatic heterocycles.